The molecular formula is C6H5BClN. The smallest absolute Gasteiger partial charge is 0.142 e. The summed E-state index contributed by atoms with van der Waals surface area (Å²) in [5, 5.41) is 0.669. The molecule has 1 aromatic rings. The van der Waals surface area contributed by atoms with Crippen molar-refractivity contribution in [2.75, 3.05) is 0 Å². The molecule has 0 unspecified atom stereocenters. The van der Waals surface area contributed by atoms with E-state index in [1.165, 1.54) is 0 Å². The van der Waals surface area contributed by atoms with Gasteiger partial charge in [-0.2, -0.15) is 0 Å². The summed E-state index contributed by atoms with van der Waals surface area (Å²) in [6.07, 6.45) is 1.59. The van der Waals surface area contributed by atoms with Crippen molar-refractivity contribution in [3.63, 3.8) is 0 Å². The van der Waals surface area contributed by atoms with Crippen LogP contribution in [0.1, 0.15) is 5.56 Å². The van der Waals surface area contributed by atoms with Gasteiger partial charge in [0.2, 0.25) is 0 Å². The molecule has 0 aliphatic rings. The van der Waals surface area contributed by atoms with Gasteiger partial charge < -0.3 is 0 Å². The molecule has 9 heavy (non-hydrogen) atoms. The number of rotatable bonds is 0. The molecule has 2 radical (unpaired) electrons. The molecule has 44 valence electrons. The molecule has 0 bridgehead atoms. The lowest BCUT2D eigenvalue weighted by molar-refractivity contribution is 1.33. The summed E-state index contributed by atoms with van der Waals surface area (Å²) >= 11 is 5.69. The average molecular weight is 137 g/mol. The Labute approximate surface area is 60.5 Å². The van der Waals surface area contributed by atoms with E-state index in [1.807, 2.05) is 6.92 Å². The van der Waals surface area contributed by atoms with Crippen molar-refractivity contribution < 1.29 is 0 Å². The molecule has 0 aliphatic carbocycles. The van der Waals surface area contributed by atoms with Crippen LogP contribution < -0.4 is 5.59 Å². The van der Waals surface area contributed by atoms with Gasteiger partial charge in [0.05, 0.1) is 0 Å². The summed E-state index contributed by atoms with van der Waals surface area (Å²) in [6, 6.07) is 1.72. The van der Waals surface area contributed by atoms with Crippen LogP contribution >= 0.6 is 11.6 Å². The molecule has 0 spiro atoms. The number of hydrogen-bond donors (Lipinski definition) is 0. The third kappa shape index (κ3) is 1.25. The van der Waals surface area contributed by atoms with E-state index in [0.29, 0.717) is 10.6 Å². The summed E-state index contributed by atoms with van der Waals surface area (Å²) in [6.45, 7) is 1.84. The highest BCUT2D eigenvalue weighted by Gasteiger charge is 1.95. The molecule has 1 rings (SSSR count). The molecule has 0 aromatic carbocycles. The van der Waals surface area contributed by atoms with Crippen LogP contribution in [0.4, 0.5) is 0 Å². The van der Waals surface area contributed by atoms with Crippen molar-refractivity contribution in [1.82, 2.24) is 4.98 Å². The first-order chi connectivity index (χ1) is 4.22. The molecule has 0 fully saturated rings. The highest BCUT2D eigenvalue weighted by molar-refractivity contribution is 6.36. The van der Waals surface area contributed by atoms with Crippen LogP contribution in [0.2, 0.25) is 5.02 Å². The predicted octanol–water partition coefficient (Wildman–Crippen LogP) is 0.837. The predicted molar refractivity (Wildman–Crippen MR) is 39.4 cm³/mol. The van der Waals surface area contributed by atoms with Gasteiger partial charge in [0.1, 0.15) is 7.85 Å². The van der Waals surface area contributed by atoms with Gasteiger partial charge in [-0.15, -0.1) is 0 Å². The molecule has 0 N–H and O–H groups in total. The topological polar surface area (TPSA) is 12.9 Å². The molecule has 0 saturated carbocycles. The van der Waals surface area contributed by atoms with Crippen molar-refractivity contribution in [3.8, 4) is 0 Å². The first-order valence-corrected chi connectivity index (χ1v) is 2.96. The van der Waals surface area contributed by atoms with E-state index in [4.69, 9.17) is 19.4 Å². The molecule has 1 aromatic heterocycles. The number of hydrogen-bond acceptors (Lipinski definition) is 1. The van der Waals surface area contributed by atoms with E-state index in [1.54, 1.807) is 12.3 Å². The van der Waals surface area contributed by atoms with Crippen LogP contribution in [0, 0.1) is 6.92 Å². The maximum atomic E-state index is 5.69. The van der Waals surface area contributed by atoms with E-state index < -0.39 is 0 Å². The second-order valence-electron chi connectivity index (χ2n) is 1.80. The van der Waals surface area contributed by atoms with Gasteiger partial charge in [-0.3, -0.25) is 4.98 Å². The summed E-state index contributed by atoms with van der Waals surface area (Å²) < 4.78 is 0. The van der Waals surface area contributed by atoms with Gasteiger partial charge >= 0.3 is 0 Å². The lowest BCUT2D eigenvalue weighted by Crippen LogP contribution is -2.11. The SMILES string of the molecule is [B]c1nccc(Cl)c1C. The van der Waals surface area contributed by atoms with Crippen molar-refractivity contribution >= 4 is 25.0 Å². The van der Waals surface area contributed by atoms with E-state index in [2.05, 4.69) is 4.98 Å². The molecule has 0 saturated heterocycles. The number of pyridine rings is 1. The Bertz CT molecular complexity index is 204. The minimum Gasteiger partial charge on any atom is -0.273 e. The molecule has 1 nitrogen and oxygen atoms in total. The number of halogens is 1. The van der Waals surface area contributed by atoms with E-state index in [0.717, 1.165) is 5.56 Å². The van der Waals surface area contributed by atoms with Gasteiger partial charge in [0.25, 0.3) is 0 Å². The minimum atomic E-state index is 0.502. The fourth-order valence-electron chi connectivity index (χ4n) is 0.527. The van der Waals surface area contributed by atoms with Crippen molar-refractivity contribution in [2.45, 2.75) is 6.92 Å². The van der Waals surface area contributed by atoms with Crippen LogP contribution in [-0.4, -0.2) is 12.8 Å². The Balaban J connectivity index is 3.25. The maximum absolute atomic E-state index is 5.69. The van der Waals surface area contributed by atoms with E-state index >= 15 is 0 Å². The normalized spacial score (nSPS) is 9.56. The summed E-state index contributed by atoms with van der Waals surface area (Å²) in [4.78, 5) is 3.83. The zero-order chi connectivity index (χ0) is 6.85. The zero-order valence-electron chi connectivity index (χ0n) is 5.06. The first kappa shape index (κ1) is 6.62. The Morgan fingerprint density at radius 2 is 2.33 bits per heavy atom. The largest absolute Gasteiger partial charge is 0.273 e. The van der Waals surface area contributed by atoms with Gasteiger partial charge in [0, 0.05) is 11.2 Å². The Kier molecular flexibility index (Phi) is 1.77. The monoisotopic (exact) mass is 137 g/mol. The van der Waals surface area contributed by atoms with Crippen LogP contribution in [0.3, 0.4) is 0 Å². The highest BCUT2D eigenvalue weighted by atomic mass is 35.5. The fourth-order valence-corrected chi connectivity index (χ4v) is 0.680. The first-order valence-electron chi connectivity index (χ1n) is 2.58. The van der Waals surface area contributed by atoms with Crippen LogP contribution in [0.25, 0.3) is 0 Å². The van der Waals surface area contributed by atoms with Gasteiger partial charge in [-0.1, -0.05) is 11.6 Å². The number of nitrogens with zero attached hydrogens (tertiary/aromatic N) is 1. The Morgan fingerprint density at radius 3 is 2.78 bits per heavy atom. The molecular weight excluding hydrogens is 132 g/mol. The minimum absolute atomic E-state index is 0.502. The molecule has 0 aliphatic heterocycles. The van der Waals surface area contributed by atoms with Crippen LogP contribution in [-0.2, 0) is 0 Å². The van der Waals surface area contributed by atoms with Crippen molar-refractivity contribution in [3.05, 3.63) is 22.8 Å². The maximum Gasteiger partial charge on any atom is 0.142 e. The Morgan fingerprint density at radius 1 is 1.67 bits per heavy atom. The summed E-state index contributed by atoms with van der Waals surface area (Å²) in [7, 11) is 5.43. The second-order valence-corrected chi connectivity index (χ2v) is 2.21. The van der Waals surface area contributed by atoms with Gasteiger partial charge in [-0.05, 0) is 24.1 Å². The molecule has 3 heteroatoms. The van der Waals surface area contributed by atoms with Crippen LogP contribution in [0.15, 0.2) is 12.3 Å². The van der Waals surface area contributed by atoms with Gasteiger partial charge in [-0.25, -0.2) is 0 Å². The second kappa shape index (κ2) is 2.40. The summed E-state index contributed by atoms with van der Waals surface area (Å²) in [5.74, 6) is 0. The Hall–Kier alpha value is -0.495. The lowest BCUT2D eigenvalue weighted by atomic mass is 9.99. The zero-order valence-corrected chi connectivity index (χ0v) is 5.81. The molecule has 0 atom stereocenters. The van der Waals surface area contributed by atoms with E-state index in [-0.39, 0.29) is 0 Å². The lowest BCUT2D eigenvalue weighted by Gasteiger charge is -1.98. The van der Waals surface area contributed by atoms with Gasteiger partial charge in [0.15, 0.2) is 0 Å². The third-order valence-corrected chi connectivity index (χ3v) is 1.59. The van der Waals surface area contributed by atoms with Crippen molar-refractivity contribution in [2.24, 2.45) is 0 Å². The quantitative estimate of drug-likeness (QED) is 0.483. The number of aromatic nitrogens is 1. The average Bonchev–Trinajstić information content (AvgIpc) is 1.83. The standard InChI is InChI=1S/C6H5BClN/c1-4-5(8)2-3-9-6(4)7/h2-3H,1H3. The molecule has 1 heterocycles. The van der Waals surface area contributed by atoms with Crippen molar-refractivity contribution in [1.29, 1.82) is 0 Å². The highest BCUT2D eigenvalue weighted by Crippen LogP contribution is 2.08. The third-order valence-electron chi connectivity index (χ3n) is 1.18. The molecule has 0 amide bonds. The summed E-state index contributed by atoms with van der Waals surface area (Å²) in [5.41, 5.74) is 1.35. The van der Waals surface area contributed by atoms with E-state index in [9.17, 15) is 0 Å². The fraction of sp³-hybridized carbons (Fsp3) is 0.167. The van der Waals surface area contributed by atoms with Crippen LogP contribution in [0.5, 0.6) is 0 Å².